The Morgan fingerprint density at radius 3 is 2.87 bits per heavy atom. The van der Waals surface area contributed by atoms with Crippen molar-refractivity contribution in [2.24, 2.45) is 11.7 Å². The fourth-order valence-electron chi connectivity index (χ4n) is 1.38. The molecule has 1 aliphatic rings. The van der Waals surface area contributed by atoms with Gasteiger partial charge in [-0.05, 0) is 12.3 Å². The van der Waals surface area contributed by atoms with E-state index in [1.807, 2.05) is 0 Å². The minimum absolute atomic E-state index is 0.163. The Labute approximate surface area is 87.1 Å². The molecule has 0 radical (unpaired) electrons. The molecule has 1 aliphatic heterocycles. The van der Waals surface area contributed by atoms with Crippen molar-refractivity contribution in [1.82, 2.24) is 5.32 Å². The van der Waals surface area contributed by atoms with Crippen molar-refractivity contribution >= 4 is 5.91 Å². The monoisotopic (exact) mass is 222 g/mol. The van der Waals surface area contributed by atoms with Crippen molar-refractivity contribution in [2.75, 3.05) is 26.3 Å². The van der Waals surface area contributed by atoms with Crippen LogP contribution in [0, 0.1) is 5.92 Å². The highest BCUT2D eigenvalue weighted by atomic mass is 19.3. The minimum atomic E-state index is -3.01. The Morgan fingerprint density at radius 2 is 2.33 bits per heavy atom. The lowest BCUT2D eigenvalue weighted by Gasteiger charge is -2.15. The fourth-order valence-corrected chi connectivity index (χ4v) is 1.38. The van der Waals surface area contributed by atoms with Gasteiger partial charge in [-0.15, -0.1) is 0 Å². The maximum Gasteiger partial charge on any atom is 0.277 e. The van der Waals surface area contributed by atoms with E-state index in [9.17, 15) is 13.6 Å². The molecule has 0 aromatic rings. The second-order valence-corrected chi connectivity index (χ2v) is 3.77. The Kier molecular flexibility index (Phi) is 4.41. The van der Waals surface area contributed by atoms with E-state index in [1.54, 1.807) is 0 Å². The van der Waals surface area contributed by atoms with Crippen molar-refractivity contribution in [3.8, 4) is 0 Å². The van der Waals surface area contributed by atoms with Crippen molar-refractivity contribution in [1.29, 1.82) is 0 Å². The maximum absolute atomic E-state index is 12.7. The molecule has 15 heavy (non-hydrogen) atoms. The van der Waals surface area contributed by atoms with Gasteiger partial charge in [-0.3, -0.25) is 4.79 Å². The number of halogens is 2. The van der Waals surface area contributed by atoms with E-state index in [0.717, 1.165) is 6.42 Å². The van der Waals surface area contributed by atoms with Crippen LogP contribution < -0.4 is 11.1 Å². The molecule has 0 aliphatic carbocycles. The topological polar surface area (TPSA) is 64.3 Å². The molecule has 1 rings (SSSR count). The number of ether oxygens (including phenoxy) is 1. The molecule has 1 heterocycles. The van der Waals surface area contributed by atoms with Gasteiger partial charge in [0.2, 0.25) is 5.91 Å². The molecule has 0 aromatic carbocycles. The Hall–Kier alpha value is -0.750. The zero-order valence-corrected chi connectivity index (χ0v) is 8.47. The number of rotatable bonds is 5. The normalized spacial score (nSPS) is 21.7. The van der Waals surface area contributed by atoms with E-state index in [0.29, 0.717) is 13.2 Å². The molecule has 0 aromatic heterocycles. The first-order valence-electron chi connectivity index (χ1n) is 4.96. The first kappa shape index (κ1) is 12.3. The molecule has 6 heteroatoms. The van der Waals surface area contributed by atoms with Crippen LogP contribution in [0.25, 0.3) is 0 Å². The van der Waals surface area contributed by atoms with Crippen LogP contribution in [0.15, 0.2) is 0 Å². The summed E-state index contributed by atoms with van der Waals surface area (Å²) in [6.07, 6.45) is 1.07. The lowest BCUT2D eigenvalue weighted by atomic mass is 10.0. The SMILES string of the molecule is NCC(F)(F)CNC(=O)CC1CCOC1. The molecule has 0 spiro atoms. The number of hydrogen-bond donors (Lipinski definition) is 2. The van der Waals surface area contributed by atoms with Crippen LogP contribution in [0.5, 0.6) is 0 Å². The highest BCUT2D eigenvalue weighted by Gasteiger charge is 2.28. The number of amides is 1. The zero-order chi connectivity index (χ0) is 11.3. The van der Waals surface area contributed by atoms with Crippen LogP contribution >= 0.6 is 0 Å². The van der Waals surface area contributed by atoms with Gasteiger partial charge >= 0.3 is 0 Å². The lowest BCUT2D eigenvalue weighted by Crippen LogP contribution is -2.41. The highest BCUT2D eigenvalue weighted by Crippen LogP contribution is 2.16. The van der Waals surface area contributed by atoms with Crippen molar-refractivity contribution in [2.45, 2.75) is 18.8 Å². The van der Waals surface area contributed by atoms with Crippen LogP contribution in [0.4, 0.5) is 8.78 Å². The third-order valence-corrected chi connectivity index (χ3v) is 2.34. The van der Waals surface area contributed by atoms with Gasteiger partial charge in [-0.2, -0.15) is 0 Å². The fraction of sp³-hybridized carbons (Fsp3) is 0.889. The third-order valence-electron chi connectivity index (χ3n) is 2.34. The van der Waals surface area contributed by atoms with Gasteiger partial charge in [0.1, 0.15) is 0 Å². The summed E-state index contributed by atoms with van der Waals surface area (Å²) in [5.74, 6) is -3.21. The second-order valence-electron chi connectivity index (χ2n) is 3.77. The van der Waals surface area contributed by atoms with E-state index in [4.69, 9.17) is 10.5 Å². The van der Waals surface area contributed by atoms with Crippen molar-refractivity contribution in [3.05, 3.63) is 0 Å². The summed E-state index contributed by atoms with van der Waals surface area (Å²) in [5.41, 5.74) is 4.83. The summed E-state index contributed by atoms with van der Waals surface area (Å²) in [5, 5.41) is 2.18. The van der Waals surface area contributed by atoms with Crippen LogP contribution in [-0.4, -0.2) is 38.1 Å². The molecule has 1 unspecified atom stereocenters. The predicted molar refractivity (Wildman–Crippen MR) is 50.6 cm³/mol. The second kappa shape index (κ2) is 5.37. The van der Waals surface area contributed by atoms with Crippen molar-refractivity contribution < 1.29 is 18.3 Å². The quantitative estimate of drug-likeness (QED) is 0.694. The van der Waals surface area contributed by atoms with E-state index in [-0.39, 0.29) is 18.2 Å². The summed E-state index contributed by atoms with van der Waals surface area (Å²) in [4.78, 5) is 11.2. The van der Waals surface area contributed by atoms with Gasteiger partial charge in [-0.25, -0.2) is 8.78 Å². The molecule has 1 atom stereocenters. The van der Waals surface area contributed by atoms with Gasteiger partial charge < -0.3 is 15.8 Å². The first-order chi connectivity index (χ1) is 7.03. The minimum Gasteiger partial charge on any atom is -0.381 e. The van der Waals surface area contributed by atoms with Gasteiger partial charge in [0, 0.05) is 19.6 Å². The van der Waals surface area contributed by atoms with E-state index in [2.05, 4.69) is 5.32 Å². The molecular formula is C9H16F2N2O2. The van der Waals surface area contributed by atoms with Crippen molar-refractivity contribution in [3.63, 3.8) is 0 Å². The standard InChI is InChI=1S/C9H16F2N2O2/c10-9(11,5-12)6-13-8(14)3-7-1-2-15-4-7/h7H,1-6,12H2,(H,13,14). The van der Waals surface area contributed by atoms with Gasteiger partial charge in [0.25, 0.3) is 5.92 Å². The molecule has 0 saturated carbocycles. The van der Waals surface area contributed by atoms with Crippen LogP contribution in [0.1, 0.15) is 12.8 Å². The number of nitrogens with two attached hydrogens (primary N) is 1. The average molecular weight is 222 g/mol. The van der Waals surface area contributed by atoms with Crippen LogP contribution in [-0.2, 0) is 9.53 Å². The molecule has 4 nitrogen and oxygen atoms in total. The molecule has 1 amide bonds. The Morgan fingerprint density at radius 1 is 1.60 bits per heavy atom. The highest BCUT2D eigenvalue weighted by molar-refractivity contribution is 5.76. The molecular weight excluding hydrogens is 206 g/mol. The smallest absolute Gasteiger partial charge is 0.277 e. The summed E-state index contributed by atoms with van der Waals surface area (Å²) >= 11 is 0. The molecule has 3 N–H and O–H groups in total. The largest absolute Gasteiger partial charge is 0.381 e. The maximum atomic E-state index is 12.7. The molecule has 1 fully saturated rings. The Bertz CT molecular complexity index is 218. The summed E-state index contributed by atoms with van der Waals surface area (Å²) in [7, 11) is 0. The third kappa shape index (κ3) is 4.53. The van der Waals surface area contributed by atoms with Gasteiger partial charge in [0.05, 0.1) is 13.1 Å². The van der Waals surface area contributed by atoms with E-state index >= 15 is 0 Å². The molecule has 88 valence electrons. The summed E-state index contributed by atoms with van der Waals surface area (Å²) in [6, 6.07) is 0. The van der Waals surface area contributed by atoms with E-state index < -0.39 is 19.0 Å². The van der Waals surface area contributed by atoms with Gasteiger partial charge in [0.15, 0.2) is 0 Å². The first-order valence-corrected chi connectivity index (χ1v) is 4.96. The summed E-state index contributed by atoms with van der Waals surface area (Å²) in [6.45, 7) is -0.243. The van der Waals surface area contributed by atoms with Crippen LogP contribution in [0.3, 0.4) is 0 Å². The molecule has 1 saturated heterocycles. The number of hydrogen-bond acceptors (Lipinski definition) is 3. The Balaban J connectivity index is 2.18. The number of alkyl halides is 2. The number of nitrogens with one attached hydrogen (secondary N) is 1. The lowest BCUT2D eigenvalue weighted by molar-refractivity contribution is -0.123. The summed E-state index contributed by atoms with van der Waals surface area (Å²) < 4.78 is 30.4. The average Bonchev–Trinajstić information content (AvgIpc) is 2.68. The zero-order valence-electron chi connectivity index (χ0n) is 8.47. The van der Waals surface area contributed by atoms with Gasteiger partial charge in [-0.1, -0.05) is 0 Å². The van der Waals surface area contributed by atoms with Crippen LogP contribution in [0.2, 0.25) is 0 Å². The van der Waals surface area contributed by atoms with E-state index in [1.165, 1.54) is 0 Å². The molecule has 0 bridgehead atoms. The number of carbonyl (C=O) groups excluding carboxylic acids is 1. The number of carbonyl (C=O) groups is 1. The predicted octanol–water partition coefficient (Wildman–Crippen LogP) is 0.123.